The molecule has 0 spiro atoms. The Labute approximate surface area is 266 Å². The van der Waals surface area contributed by atoms with E-state index in [1.807, 2.05) is 0 Å². The fourth-order valence-electron chi connectivity index (χ4n) is 7.83. The minimum absolute atomic E-state index is 0.0636. The number of alkyl halides is 5. The molecular formula is C31H34F5N9O2. The second-order valence-electron chi connectivity index (χ2n) is 14.1. The van der Waals surface area contributed by atoms with E-state index in [0.29, 0.717) is 23.4 Å². The van der Waals surface area contributed by atoms with E-state index in [9.17, 15) is 36.8 Å². The van der Waals surface area contributed by atoms with Gasteiger partial charge in [-0.15, -0.1) is 5.10 Å². The average molecular weight is 660 g/mol. The van der Waals surface area contributed by atoms with Crippen molar-refractivity contribution in [2.75, 3.05) is 0 Å². The lowest BCUT2D eigenvalue weighted by Crippen LogP contribution is -2.62. The third kappa shape index (κ3) is 6.40. The first-order chi connectivity index (χ1) is 22.2. The molecule has 0 radical (unpaired) electrons. The fraction of sp³-hybridized carbons (Fsp3) is 0.645. The smallest absolute Gasteiger partial charge is 0.349 e. The largest absolute Gasteiger partial charge is 0.389 e. The summed E-state index contributed by atoms with van der Waals surface area (Å²) in [4.78, 5) is 30.8. The lowest BCUT2D eigenvalue weighted by atomic mass is 9.36. The molecule has 3 aromatic heterocycles. The van der Waals surface area contributed by atoms with Crippen LogP contribution in [0.2, 0.25) is 0 Å². The standard InChI is InChI=1S/C31H34F5N9O2/c32-30(33)6-3-19(4-7-30)26(42-27(47)22-11-38-43-45(22)17-29-13-28(14-29,15-29)16-37)21-12-44-23(40-21)9-20(10-39-44)25(18-1-2-18)41-24(46)5-8-31(34,35)36/h9-12,18-19,25-26H,1-8,13-15,17H2,(H,41,46)(H,42,47)/t25-,26+,28?,29?/m1/s1. The first-order valence-electron chi connectivity index (χ1n) is 15.9. The van der Waals surface area contributed by atoms with E-state index in [1.54, 1.807) is 16.9 Å². The zero-order valence-corrected chi connectivity index (χ0v) is 25.4. The molecule has 5 aliphatic carbocycles. The molecule has 11 nitrogen and oxygen atoms in total. The van der Waals surface area contributed by atoms with Crippen LogP contribution in [0.15, 0.2) is 24.7 Å². The van der Waals surface area contributed by atoms with Crippen molar-refractivity contribution < 1.29 is 31.5 Å². The summed E-state index contributed by atoms with van der Waals surface area (Å²) in [6.45, 7) is 0.454. The summed E-state index contributed by atoms with van der Waals surface area (Å²) in [5, 5.41) is 27.6. The molecule has 5 fully saturated rings. The number of halogens is 5. The molecule has 2 amide bonds. The number of nitrogens with zero attached hydrogens (tertiary/aromatic N) is 7. The first kappa shape index (κ1) is 31.4. The van der Waals surface area contributed by atoms with E-state index in [4.69, 9.17) is 4.98 Å². The molecule has 0 aromatic carbocycles. The zero-order chi connectivity index (χ0) is 33.2. The van der Waals surface area contributed by atoms with Gasteiger partial charge in [0.2, 0.25) is 11.8 Å². The van der Waals surface area contributed by atoms with E-state index >= 15 is 0 Å². The SMILES string of the molecule is N#CC12CC(Cn3nncc3C(=O)N[C@H](c3cn4ncc([C@H](NC(=O)CCC(F)(F)F)C5CC5)cc4n3)C3CCC(F)(F)CC3)(C1)C2. The summed E-state index contributed by atoms with van der Waals surface area (Å²) in [6, 6.07) is 2.82. The van der Waals surface area contributed by atoms with Crippen molar-refractivity contribution in [3.05, 3.63) is 41.6 Å². The fourth-order valence-corrected chi connectivity index (χ4v) is 7.83. The van der Waals surface area contributed by atoms with Crippen molar-refractivity contribution in [1.29, 1.82) is 5.26 Å². The van der Waals surface area contributed by atoms with Crippen molar-refractivity contribution in [3.63, 3.8) is 0 Å². The van der Waals surface area contributed by atoms with Crippen LogP contribution in [0.3, 0.4) is 0 Å². The minimum Gasteiger partial charge on any atom is -0.349 e. The molecule has 0 unspecified atom stereocenters. The highest BCUT2D eigenvalue weighted by Gasteiger charge is 2.68. The maximum absolute atomic E-state index is 14.1. The molecule has 8 rings (SSSR count). The Morgan fingerprint density at radius 1 is 1.04 bits per heavy atom. The summed E-state index contributed by atoms with van der Waals surface area (Å²) >= 11 is 0. The number of aromatic nitrogens is 6. The van der Waals surface area contributed by atoms with Crippen LogP contribution in [0.1, 0.15) is 104 Å². The highest BCUT2D eigenvalue weighted by molar-refractivity contribution is 5.92. The Hall–Kier alpha value is -4.16. The van der Waals surface area contributed by atoms with Crippen LogP contribution >= 0.6 is 0 Å². The summed E-state index contributed by atoms with van der Waals surface area (Å²) in [5.41, 5.74) is 1.29. The molecule has 2 atom stereocenters. The third-order valence-electron chi connectivity index (χ3n) is 10.3. The minimum atomic E-state index is -4.44. The van der Waals surface area contributed by atoms with E-state index in [1.165, 1.54) is 16.9 Å². The number of hydrogen-bond donors (Lipinski definition) is 2. The number of carbonyl (C=O) groups is 2. The number of nitrogens with one attached hydrogen (secondary N) is 2. The Balaban J connectivity index is 1.11. The van der Waals surface area contributed by atoms with Gasteiger partial charge in [-0.25, -0.2) is 23.0 Å². The van der Waals surface area contributed by atoms with Gasteiger partial charge in [-0.1, -0.05) is 5.21 Å². The number of amides is 2. The van der Waals surface area contributed by atoms with Crippen molar-refractivity contribution in [3.8, 4) is 6.07 Å². The molecule has 250 valence electrons. The first-order valence-corrected chi connectivity index (χ1v) is 15.9. The molecule has 2 bridgehead atoms. The molecular weight excluding hydrogens is 625 g/mol. The van der Waals surface area contributed by atoms with Gasteiger partial charge in [0, 0.05) is 25.8 Å². The maximum atomic E-state index is 14.1. The van der Waals surface area contributed by atoms with Crippen molar-refractivity contribution in [1.82, 2.24) is 40.2 Å². The van der Waals surface area contributed by atoms with E-state index in [0.717, 1.165) is 32.1 Å². The molecule has 0 aliphatic heterocycles. The van der Waals surface area contributed by atoms with E-state index < -0.39 is 48.8 Å². The van der Waals surface area contributed by atoms with Crippen LogP contribution in [-0.2, 0) is 11.3 Å². The second-order valence-corrected chi connectivity index (χ2v) is 14.1. The van der Waals surface area contributed by atoms with Crippen LogP contribution in [0.25, 0.3) is 5.65 Å². The summed E-state index contributed by atoms with van der Waals surface area (Å²) in [6.07, 6.45) is 1.77. The quantitative estimate of drug-likeness (QED) is 0.269. The predicted octanol–water partition coefficient (Wildman–Crippen LogP) is 5.22. The van der Waals surface area contributed by atoms with E-state index in [-0.39, 0.29) is 54.0 Å². The predicted molar refractivity (Wildman–Crippen MR) is 153 cm³/mol. The number of rotatable bonds is 11. The van der Waals surface area contributed by atoms with Gasteiger partial charge in [0.25, 0.3) is 5.91 Å². The van der Waals surface area contributed by atoms with Gasteiger partial charge in [0.05, 0.1) is 54.3 Å². The normalized spacial score (nSPS) is 26.5. The highest BCUT2D eigenvalue weighted by Crippen LogP contribution is 2.73. The number of carbonyl (C=O) groups excluding carboxylic acids is 2. The van der Waals surface area contributed by atoms with Gasteiger partial charge < -0.3 is 10.6 Å². The Morgan fingerprint density at radius 2 is 1.74 bits per heavy atom. The molecule has 2 N–H and O–H groups in total. The van der Waals surface area contributed by atoms with Gasteiger partial charge in [0.15, 0.2) is 5.65 Å². The monoisotopic (exact) mass is 659 g/mol. The van der Waals surface area contributed by atoms with Gasteiger partial charge in [-0.05, 0) is 73.8 Å². The van der Waals surface area contributed by atoms with Gasteiger partial charge in [-0.2, -0.15) is 23.5 Å². The number of fused-ring (bicyclic) bond motifs is 1. The van der Waals surface area contributed by atoms with Crippen LogP contribution in [-0.4, -0.2) is 53.5 Å². The van der Waals surface area contributed by atoms with Crippen LogP contribution in [0.4, 0.5) is 22.0 Å². The topological polar surface area (TPSA) is 143 Å². The number of hydrogen-bond acceptors (Lipinski definition) is 7. The van der Waals surface area contributed by atoms with E-state index in [2.05, 4.69) is 32.1 Å². The van der Waals surface area contributed by atoms with Crippen LogP contribution < -0.4 is 10.6 Å². The third-order valence-corrected chi connectivity index (χ3v) is 10.3. The van der Waals surface area contributed by atoms with Crippen molar-refractivity contribution in [2.24, 2.45) is 22.7 Å². The lowest BCUT2D eigenvalue weighted by molar-refractivity contribution is -0.174. The summed E-state index contributed by atoms with van der Waals surface area (Å²) in [7, 11) is 0. The second kappa shape index (κ2) is 11.2. The lowest BCUT2D eigenvalue weighted by Gasteiger charge is -2.67. The van der Waals surface area contributed by atoms with Gasteiger partial charge in [-0.3, -0.25) is 9.59 Å². The average Bonchev–Trinajstić information content (AvgIpc) is 3.56. The highest BCUT2D eigenvalue weighted by atomic mass is 19.4. The van der Waals surface area contributed by atoms with Crippen molar-refractivity contribution >= 4 is 17.5 Å². The maximum Gasteiger partial charge on any atom is 0.389 e. The summed E-state index contributed by atoms with van der Waals surface area (Å²) in [5.74, 6) is -4.23. The Morgan fingerprint density at radius 3 is 2.40 bits per heavy atom. The molecule has 16 heteroatoms. The van der Waals surface area contributed by atoms with Crippen LogP contribution in [0.5, 0.6) is 0 Å². The molecule has 3 aromatic rings. The van der Waals surface area contributed by atoms with Crippen molar-refractivity contribution in [2.45, 2.75) is 101 Å². The molecule has 47 heavy (non-hydrogen) atoms. The van der Waals surface area contributed by atoms with Crippen LogP contribution in [0, 0.1) is 34.0 Å². The zero-order valence-electron chi connectivity index (χ0n) is 25.4. The van der Waals surface area contributed by atoms with Gasteiger partial charge >= 0.3 is 6.18 Å². The Kier molecular flexibility index (Phi) is 7.51. The molecule has 5 saturated carbocycles. The summed E-state index contributed by atoms with van der Waals surface area (Å²) < 4.78 is 69.3. The number of imidazole rings is 1. The molecule has 3 heterocycles. The Bertz CT molecular complexity index is 1710. The van der Waals surface area contributed by atoms with Gasteiger partial charge in [0.1, 0.15) is 5.69 Å². The molecule has 5 aliphatic rings. The molecule has 0 saturated heterocycles. The number of nitriles is 1.